The van der Waals surface area contributed by atoms with Gasteiger partial charge >= 0.3 is 6.18 Å². The second-order valence-electron chi connectivity index (χ2n) is 11.9. The normalized spacial score (nSPS) is 20.1. The van der Waals surface area contributed by atoms with Crippen LogP contribution in [0, 0.1) is 23.5 Å². The summed E-state index contributed by atoms with van der Waals surface area (Å²) in [7, 11) is 0. The number of anilines is 1. The zero-order valence-electron chi connectivity index (χ0n) is 25.0. The van der Waals surface area contributed by atoms with E-state index in [4.69, 9.17) is 9.98 Å². The van der Waals surface area contributed by atoms with Crippen molar-refractivity contribution in [2.24, 2.45) is 16.8 Å². The van der Waals surface area contributed by atoms with Crippen LogP contribution in [0.4, 0.5) is 27.8 Å². The summed E-state index contributed by atoms with van der Waals surface area (Å²) in [6.07, 6.45) is -2.80. The van der Waals surface area contributed by atoms with Crippen molar-refractivity contribution in [1.29, 1.82) is 0 Å². The first-order valence-electron chi connectivity index (χ1n) is 14.9. The van der Waals surface area contributed by atoms with E-state index in [1.165, 1.54) is 23.2 Å². The van der Waals surface area contributed by atoms with Gasteiger partial charge in [-0.25, -0.2) is 18.8 Å². The first-order valence-corrected chi connectivity index (χ1v) is 14.9. The number of rotatable bonds is 6. The van der Waals surface area contributed by atoms with Crippen LogP contribution >= 0.6 is 0 Å². The van der Waals surface area contributed by atoms with E-state index in [1.54, 1.807) is 15.5 Å². The van der Waals surface area contributed by atoms with Gasteiger partial charge in [0.1, 0.15) is 17.3 Å². The average molecular weight is 630 g/mol. The number of likely N-dealkylation sites (tertiary alicyclic amines) is 1. The van der Waals surface area contributed by atoms with Crippen LogP contribution in [0.3, 0.4) is 0 Å². The van der Waals surface area contributed by atoms with Gasteiger partial charge < -0.3 is 9.47 Å². The third-order valence-electron chi connectivity index (χ3n) is 8.60. The number of aliphatic imine (C=N–C) groups is 1. The first kappa shape index (κ1) is 30.7. The minimum Gasteiger partial charge on any atom is -0.337 e. The highest BCUT2D eigenvalue weighted by atomic mass is 19.4. The molecule has 3 aliphatic heterocycles. The molecule has 6 rings (SSSR count). The minimum absolute atomic E-state index is 0.0213. The van der Waals surface area contributed by atoms with Crippen LogP contribution in [0.25, 0.3) is 11.4 Å². The quantitative estimate of drug-likeness (QED) is 0.343. The Labute approximate surface area is 256 Å². The standard InChI is InChI=1S/C31H32F5N7O2/c1-4-41-29(45)25-27(43-16-24(17(2)3)38-30(41)43)42(14-18-7-9-21(32)22(33)12-18)26(39-25)19-8-10-23(37-13-19)28(44)40-11-5-6-20(15-40)31(34,35)36/h7-10,12-13,17,20,24H,4-6,11,14-16H2,1-3H3/t20?,24-/m0/s1. The van der Waals surface area contributed by atoms with Crippen molar-refractivity contribution in [2.45, 2.75) is 52.4 Å². The molecule has 9 nitrogen and oxygen atoms in total. The van der Waals surface area contributed by atoms with Crippen LogP contribution in [0.2, 0.25) is 0 Å². The molecule has 3 aliphatic rings. The summed E-state index contributed by atoms with van der Waals surface area (Å²) in [4.78, 5) is 45.3. The molecular weight excluding hydrogens is 597 g/mol. The zero-order valence-corrected chi connectivity index (χ0v) is 25.0. The Hall–Kier alpha value is -4.36. The maximum Gasteiger partial charge on any atom is 0.393 e. The van der Waals surface area contributed by atoms with E-state index in [1.807, 2.05) is 25.7 Å². The summed E-state index contributed by atoms with van der Waals surface area (Å²) in [5, 5.41) is 0. The van der Waals surface area contributed by atoms with Crippen molar-refractivity contribution in [3.8, 4) is 11.4 Å². The van der Waals surface area contributed by atoms with Crippen molar-refractivity contribution in [2.75, 3.05) is 31.1 Å². The van der Waals surface area contributed by atoms with Gasteiger partial charge in [0.05, 0.1) is 25.0 Å². The molecule has 5 heterocycles. The molecule has 2 aromatic heterocycles. The Bertz CT molecular complexity index is 1670. The molecule has 0 N–H and O–H groups in total. The highest BCUT2D eigenvalue weighted by Gasteiger charge is 2.45. The largest absolute Gasteiger partial charge is 0.393 e. The number of piperidine rings is 1. The van der Waals surface area contributed by atoms with Crippen LogP contribution in [0.15, 0.2) is 41.5 Å². The van der Waals surface area contributed by atoms with Crippen LogP contribution in [0.1, 0.15) is 60.2 Å². The Kier molecular flexibility index (Phi) is 7.86. The van der Waals surface area contributed by atoms with Crippen LogP contribution < -0.4 is 4.90 Å². The maximum atomic E-state index is 14.2. The predicted molar refractivity (Wildman–Crippen MR) is 156 cm³/mol. The maximum absolute atomic E-state index is 14.2. The minimum atomic E-state index is -4.39. The second-order valence-corrected chi connectivity index (χ2v) is 11.9. The molecule has 45 heavy (non-hydrogen) atoms. The van der Waals surface area contributed by atoms with Crippen molar-refractivity contribution >= 4 is 23.6 Å². The number of amides is 2. The van der Waals surface area contributed by atoms with Crippen molar-refractivity contribution in [3.63, 3.8) is 0 Å². The van der Waals surface area contributed by atoms with Gasteiger partial charge in [-0.1, -0.05) is 19.9 Å². The number of halogens is 5. The molecule has 2 amide bonds. The molecular formula is C31H32F5N7O2. The number of alkyl halides is 3. The van der Waals surface area contributed by atoms with Gasteiger partial charge in [0.2, 0.25) is 5.96 Å². The molecule has 0 saturated carbocycles. The second kappa shape index (κ2) is 11.5. The lowest BCUT2D eigenvalue weighted by Crippen LogP contribution is -2.50. The number of carbonyl (C=O) groups is 2. The van der Waals surface area contributed by atoms with E-state index >= 15 is 0 Å². The summed E-state index contributed by atoms with van der Waals surface area (Å²) in [6, 6.07) is 6.45. The fraction of sp³-hybridized carbons (Fsp3) is 0.452. The number of aromatic nitrogens is 3. The van der Waals surface area contributed by atoms with E-state index in [0.717, 1.165) is 12.1 Å². The number of hydrogen-bond donors (Lipinski definition) is 0. The fourth-order valence-electron chi connectivity index (χ4n) is 6.08. The lowest BCUT2D eigenvalue weighted by atomic mass is 9.97. The molecule has 1 unspecified atom stereocenters. The monoisotopic (exact) mass is 629 g/mol. The fourth-order valence-corrected chi connectivity index (χ4v) is 6.08. The molecule has 1 saturated heterocycles. The Morgan fingerprint density at radius 3 is 2.51 bits per heavy atom. The SMILES string of the molecule is CCN1C(=O)c2nc(-c3ccc(C(=O)N4CCCC(C(F)(F)F)C4)nc3)n(Cc3ccc(F)c(F)c3)c2N2C[C@@H](C(C)C)N=C12. The van der Waals surface area contributed by atoms with Gasteiger partial charge in [0.25, 0.3) is 11.8 Å². The number of hydrogen-bond acceptors (Lipinski definition) is 6. The van der Waals surface area contributed by atoms with Gasteiger partial charge in [-0.3, -0.25) is 24.4 Å². The average Bonchev–Trinajstić information content (AvgIpc) is 3.61. The number of pyridine rings is 1. The third kappa shape index (κ3) is 5.54. The van der Waals surface area contributed by atoms with Gasteiger partial charge in [-0.2, -0.15) is 13.2 Å². The van der Waals surface area contributed by atoms with Gasteiger partial charge in [-0.15, -0.1) is 0 Å². The predicted octanol–water partition coefficient (Wildman–Crippen LogP) is 5.36. The van der Waals surface area contributed by atoms with E-state index in [-0.39, 0.29) is 55.2 Å². The number of imidazole rings is 1. The van der Waals surface area contributed by atoms with E-state index in [9.17, 15) is 31.5 Å². The van der Waals surface area contributed by atoms with Crippen molar-refractivity contribution in [3.05, 3.63) is 65.1 Å². The summed E-state index contributed by atoms with van der Waals surface area (Å²) in [5.74, 6) is -3.13. The third-order valence-corrected chi connectivity index (χ3v) is 8.60. The lowest BCUT2D eigenvalue weighted by Gasteiger charge is -2.34. The molecule has 238 valence electrons. The highest BCUT2D eigenvalue weighted by Crippen LogP contribution is 2.38. The van der Waals surface area contributed by atoms with E-state index < -0.39 is 36.2 Å². The molecule has 1 fully saturated rings. The molecule has 0 aliphatic carbocycles. The molecule has 3 aromatic rings. The molecule has 1 aromatic carbocycles. The molecule has 0 bridgehead atoms. The Morgan fingerprint density at radius 1 is 1.09 bits per heavy atom. The van der Waals surface area contributed by atoms with E-state index in [2.05, 4.69) is 4.98 Å². The highest BCUT2D eigenvalue weighted by molar-refractivity contribution is 6.18. The summed E-state index contributed by atoms with van der Waals surface area (Å²) in [6.45, 7) is 6.55. The van der Waals surface area contributed by atoms with Crippen molar-refractivity contribution < 1.29 is 31.5 Å². The van der Waals surface area contributed by atoms with Crippen molar-refractivity contribution in [1.82, 2.24) is 24.3 Å². The molecule has 14 heteroatoms. The Balaban J connectivity index is 1.40. The van der Waals surface area contributed by atoms with Gasteiger partial charge in [-0.05, 0) is 55.5 Å². The van der Waals surface area contributed by atoms with Gasteiger partial charge in [0.15, 0.2) is 17.3 Å². The summed E-state index contributed by atoms with van der Waals surface area (Å²) in [5.41, 5.74) is 0.976. The zero-order chi connectivity index (χ0) is 32.2. The topological polar surface area (TPSA) is 86.9 Å². The summed E-state index contributed by atoms with van der Waals surface area (Å²) < 4.78 is 69.7. The van der Waals surface area contributed by atoms with Crippen LogP contribution in [-0.4, -0.2) is 80.5 Å². The smallest absolute Gasteiger partial charge is 0.337 e. The number of benzene rings is 1. The lowest BCUT2D eigenvalue weighted by molar-refractivity contribution is -0.184. The number of fused-ring (bicyclic) bond motifs is 3. The van der Waals surface area contributed by atoms with E-state index in [0.29, 0.717) is 41.8 Å². The Morgan fingerprint density at radius 2 is 1.87 bits per heavy atom. The number of guanidine groups is 1. The number of carbonyl (C=O) groups excluding carboxylic acids is 2. The van der Waals surface area contributed by atoms with Crippen LogP contribution in [-0.2, 0) is 6.54 Å². The first-order chi connectivity index (χ1) is 21.4. The molecule has 0 spiro atoms. The number of nitrogens with zero attached hydrogens (tertiary/aromatic N) is 7. The summed E-state index contributed by atoms with van der Waals surface area (Å²) >= 11 is 0. The molecule has 0 radical (unpaired) electrons. The van der Waals surface area contributed by atoms with Crippen LogP contribution in [0.5, 0.6) is 0 Å². The van der Waals surface area contributed by atoms with Gasteiger partial charge in [0, 0.05) is 31.4 Å². The molecule has 2 atom stereocenters.